The van der Waals surface area contributed by atoms with Crippen molar-refractivity contribution >= 4 is 6.29 Å². The van der Waals surface area contributed by atoms with Crippen molar-refractivity contribution in [1.82, 2.24) is 0 Å². The minimum Gasteiger partial charge on any atom is -0.484 e. The van der Waals surface area contributed by atoms with Crippen molar-refractivity contribution in [1.29, 1.82) is 0 Å². The van der Waals surface area contributed by atoms with Gasteiger partial charge in [-0.1, -0.05) is 0 Å². The summed E-state index contributed by atoms with van der Waals surface area (Å²) >= 11 is 0. The molecule has 1 aromatic carbocycles. The summed E-state index contributed by atoms with van der Waals surface area (Å²) in [5.41, 5.74) is -0.441. The van der Waals surface area contributed by atoms with Gasteiger partial charge in [-0.3, -0.25) is 4.79 Å². The molecular weight excluding hydrogens is 282 g/mol. The molecule has 114 valence electrons. The Morgan fingerprint density at radius 3 is 2.67 bits per heavy atom. The fourth-order valence-electron chi connectivity index (χ4n) is 2.87. The van der Waals surface area contributed by atoms with Crippen LogP contribution in [-0.4, -0.2) is 37.8 Å². The number of carbonyl (C=O) groups excluding carboxylic acids is 1. The maximum atomic E-state index is 13.8. The van der Waals surface area contributed by atoms with Crippen LogP contribution >= 0.6 is 0 Å². The van der Waals surface area contributed by atoms with Gasteiger partial charge in [0.25, 0.3) is 0 Å². The minimum absolute atomic E-state index is 0.0509. The number of hydrogen-bond acceptors (Lipinski definition) is 4. The van der Waals surface area contributed by atoms with Gasteiger partial charge in [-0.2, -0.15) is 0 Å². The first kappa shape index (κ1) is 14.4. The summed E-state index contributed by atoms with van der Waals surface area (Å²) in [4.78, 5) is 10.6. The SMILES string of the molecule is O=Cc1cc(F)c(OC2CCOC3(CCOC3)C2)c(F)c1. The van der Waals surface area contributed by atoms with E-state index in [4.69, 9.17) is 14.2 Å². The third kappa shape index (κ3) is 2.91. The second-order valence-electron chi connectivity index (χ2n) is 5.50. The first-order valence-corrected chi connectivity index (χ1v) is 6.94. The number of benzene rings is 1. The van der Waals surface area contributed by atoms with Gasteiger partial charge in [-0.15, -0.1) is 0 Å². The predicted molar refractivity (Wildman–Crippen MR) is 69.5 cm³/mol. The smallest absolute Gasteiger partial charge is 0.191 e. The lowest BCUT2D eigenvalue weighted by molar-refractivity contribution is -0.113. The highest BCUT2D eigenvalue weighted by molar-refractivity contribution is 5.75. The Bertz CT molecular complexity index is 517. The molecule has 2 unspecified atom stereocenters. The monoisotopic (exact) mass is 298 g/mol. The maximum absolute atomic E-state index is 13.8. The van der Waals surface area contributed by atoms with E-state index in [1.54, 1.807) is 0 Å². The largest absolute Gasteiger partial charge is 0.484 e. The summed E-state index contributed by atoms with van der Waals surface area (Å²) in [6, 6.07) is 1.94. The van der Waals surface area contributed by atoms with Crippen molar-refractivity contribution < 1.29 is 27.8 Å². The molecule has 2 heterocycles. The van der Waals surface area contributed by atoms with Crippen LogP contribution in [0.25, 0.3) is 0 Å². The Balaban J connectivity index is 1.75. The van der Waals surface area contributed by atoms with Crippen molar-refractivity contribution in [2.75, 3.05) is 19.8 Å². The van der Waals surface area contributed by atoms with Crippen LogP contribution in [0.4, 0.5) is 8.78 Å². The lowest BCUT2D eigenvalue weighted by Gasteiger charge is -2.37. The van der Waals surface area contributed by atoms with Crippen LogP contribution in [0, 0.1) is 11.6 Å². The van der Waals surface area contributed by atoms with Crippen LogP contribution in [-0.2, 0) is 9.47 Å². The van der Waals surface area contributed by atoms with E-state index in [1.807, 2.05) is 0 Å². The van der Waals surface area contributed by atoms with E-state index in [1.165, 1.54) is 0 Å². The molecule has 0 amide bonds. The number of rotatable bonds is 3. The molecule has 4 nitrogen and oxygen atoms in total. The molecule has 2 atom stereocenters. The summed E-state index contributed by atoms with van der Waals surface area (Å²) in [5, 5.41) is 0. The van der Waals surface area contributed by atoms with E-state index in [-0.39, 0.29) is 11.7 Å². The molecule has 0 aliphatic carbocycles. The first-order chi connectivity index (χ1) is 10.1. The molecule has 21 heavy (non-hydrogen) atoms. The fourth-order valence-corrected chi connectivity index (χ4v) is 2.87. The highest BCUT2D eigenvalue weighted by Crippen LogP contribution is 2.35. The van der Waals surface area contributed by atoms with E-state index in [2.05, 4.69) is 0 Å². The van der Waals surface area contributed by atoms with Crippen LogP contribution in [0.2, 0.25) is 0 Å². The third-order valence-corrected chi connectivity index (χ3v) is 3.96. The molecule has 2 fully saturated rings. The normalized spacial score (nSPS) is 28.8. The molecule has 1 spiro atoms. The number of ether oxygens (including phenoxy) is 3. The lowest BCUT2D eigenvalue weighted by Crippen LogP contribution is -2.44. The fraction of sp³-hybridized carbons (Fsp3) is 0.533. The zero-order valence-corrected chi connectivity index (χ0v) is 11.4. The summed E-state index contributed by atoms with van der Waals surface area (Å²) < 4.78 is 44.3. The van der Waals surface area contributed by atoms with Crippen LogP contribution < -0.4 is 4.74 Å². The van der Waals surface area contributed by atoms with Crippen molar-refractivity contribution in [3.63, 3.8) is 0 Å². The Morgan fingerprint density at radius 1 is 1.29 bits per heavy atom. The Hall–Kier alpha value is -1.53. The third-order valence-electron chi connectivity index (χ3n) is 3.96. The Morgan fingerprint density at radius 2 is 2.05 bits per heavy atom. The van der Waals surface area contributed by atoms with Crippen LogP contribution in [0.5, 0.6) is 5.75 Å². The lowest BCUT2D eigenvalue weighted by atomic mass is 9.91. The molecule has 1 aromatic rings. The minimum atomic E-state index is -0.861. The van der Waals surface area contributed by atoms with Gasteiger partial charge >= 0.3 is 0 Å². The van der Waals surface area contributed by atoms with Crippen LogP contribution in [0.3, 0.4) is 0 Å². The van der Waals surface area contributed by atoms with Crippen LogP contribution in [0.1, 0.15) is 29.6 Å². The molecule has 0 bridgehead atoms. The van der Waals surface area contributed by atoms with Gasteiger partial charge < -0.3 is 14.2 Å². The van der Waals surface area contributed by atoms with E-state index in [0.29, 0.717) is 38.9 Å². The van der Waals surface area contributed by atoms with E-state index in [9.17, 15) is 13.6 Å². The van der Waals surface area contributed by atoms with Gasteiger partial charge in [0.1, 0.15) is 12.4 Å². The Kier molecular flexibility index (Phi) is 3.91. The molecule has 2 aliphatic heterocycles. The summed E-state index contributed by atoms with van der Waals surface area (Å²) in [6.45, 7) is 1.59. The zero-order chi connectivity index (χ0) is 14.9. The van der Waals surface area contributed by atoms with E-state index < -0.39 is 23.0 Å². The van der Waals surface area contributed by atoms with Gasteiger partial charge in [0.05, 0.1) is 18.8 Å². The van der Waals surface area contributed by atoms with Crippen molar-refractivity contribution in [3.05, 3.63) is 29.3 Å². The molecule has 0 saturated carbocycles. The Labute approximate surface area is 121 Å². The van der Waals surface area contributed by atoms with Crippen molar-refractivity contribution in [2.24, 2.45) is 0 Å². The van der Waals surface area contributed by atoms with Crippen LogP contribution in [0.15, 0.2) is 12.1 Å². The predicted octanol–water partition coefficient (Wildman–Crippen LogP) is 2.49. The second kappa shape index (κ2) is 5.69. The molecule has 2 saturated heterocycles. The van der Waals surface area contributed by atoms with Gasteiger partial charge in [0, 0.05) is 31.4 Å². The molecule has 0 N–H and O–H groups in total. The number of hydrogen-bond donors (Lipinski definition) is 0. The topological polar surface area (TPSA) is 44.8 Å². The zero-order valence-electron chi connectivity index (χ0n) is 11.4. The highest BCUT2D eigenvalue weighted by Gasteiger charge is 2.42. The maximum Gasteiger partial charge on any atom is 0.191 e. The number of aldehydes is 1. The summed E-state index contributed by atoms with van der Waals surface area (Å²) in [5.74, 6) is -2.15. The molecular formula is C15H16F2O4. The van der Waals surface area contributed by atoms with Gasteiger partial charge in [-0.25, -0.2) is 8.78 Å². The van der Waals surface area contributed by atoms with Gasteiger partial charge in [0.15, 0.2) is 17.4 Å². The van der Waals surface area contributed by atoms with Crippen molar-refractivity contribution in [3.8, 4) is 5.75 Å². The highest BCUT2D eigenvalue weighted by atomic mass is 19.1. The number of carbonyl (C=O) groups is 1. The molecule has 3 rings (SSSR count). The quantitative estimate of drug-likeness (QED) is 0.804. The van der Waals surface area contributed by atoms with E-state index >= 15 is 0 Å². The van der Waals surface area contributed by atoms with Gasteiger partial charge in [-0.05, 0) is 12.1 Å². The second-order valence-corrected chi connectivity index (χ2v) is 5.50. The molecule has 6 heteroatoms. The molecule has 0 radical (unpaired) electrons. The first-order valence-electron chi connectivity index (χ1n) is 6.94. The summed E-state index contributed by atoms with van der Waals surface area (Å²) in [7, 11) is 0. The molecule has 0 aromatic heterocycles. The number of halogens is 2. The van der Waals surface area contributed by atoms with E-state index in [0.717, 1.165) is 18.6 Å². The standard InChI is InChI=1S/C15H16F2O4/c16-12-5-10(8-18)6-13(17)14(12)21-11-1-3-20-15(7-11)2-4-19-9-15/h5-6,8,11H,1-4,7,9H2. The van der Waals surface area contributed by atoms with Crippen molar-refractivity contribution in [2.45, 2.75) is 31.0 Å². The average Bonchev–Trinajstić information content (AvgIpc) is 2.90. The van der Waals surface area contributed by atoms with Gasteiger partial charge in [0.2, 0.25) is 0 Å². The molecule has 2 aliphatic rings. The average molecular weight is 298 g/mol. The summed E-state index contributed by atoms with van der Waals surface area (Å²) in [6.07, 6.45) is 1.95.